The third kappa shape index (κ3) is 5.58. The molecule has 10 heteroatoms. The summed E-state index contributed by atoms with van der Waals surface area (Å²) in [6.45, 7) is 1.93. The molecule has 0 aliphatic carbocycles. The minimum Gasteiger partial charge on any atom is -0.484 e. The molecule has 0 aliphatic heterocycles. The van der Waals surface area contributed by atoms with Crippen molar-refractivity contribution in [3.8, 4) is 5.75 Å². The van der Waals surface area contributed by atoms with E-state index in [1.54, 1.807) is 72.3 Å². The Morgan fingerprint density at radius 3 is 2.79 bits per heavy atom. The van der Waals surface area contributed by atoms with Crippen LogP contribution >= 0.6 is 11.6 Å². The second-order valence-corrected chi connectivity index (χ2v) is 7.47. The molecule has 3 aromatic heterocycles. The molecule has 0 unspecified atom stereocenters. The maximum atomic E-state index is 12.6. The van der Waals surface area contributed by atoms with Gasteiger partial charge in [0, 0.05) is 6.20 Å². The number of rotatable bonds is 8. The molecule has 0 fully saturated rings. The van der Waals surface area contributed by atoms with E-state index in [1.165, 1.54) is 6.21 Å². The van der Waals surface area contributed by atoms with Gasteiger partial charge in [-0.05, 0) is 61.0 Å². The molecule has 2 amide bonds. The molecular formula is C23H20ClN5O4. The number of furan rings is 1. The number of fused-ring (bicyclic) bond motifs is 1. The zero-order valence-corrected chi connectivity index (χ0v) is 18.4. The van der Waals surface area contributed by atoms with Crippen LogP contribution in [0.25, 0.3) is 5.65 Å². The van der Waals surface area contributed by atoms with Gasteiger partial charge in [0.25, 0.3) is 11.8 Å². The smallest absolute Gasteiger partial charge is 0.290 e. The van der Waals surface area contributed by atoms with Crippen molar-refractivity contribution < 1.29 is 18.7 Å². The van der Waals surface area contributed by atoms with Crippen molar-refractivity contribution in [3.63, 3.8) is 0 Å². The van der Waals surface area contributed by atoms with E-state index in [-0.39, 0.29) is 12.5 Å². The standard InChI is InChI=1S/C23H20ClN5O4/c1-15-22(29-13-17(24)6-9-20(29)27-15)23(31)28-26-11-16-4-7-18(8-5-16)33-14-21(30)25-12-19-3-2-10-32-19/h2-11,13H,12,14H2,1H3,(H,25,30)(H,28,31)/b26-11+. The number of imidazole rings is 1. The molecule has 0 spiro atoms. The van der Waals surface area contributed by atoms with E-state index in [9.17, 15) is 9.59 Å². The number of halogens is 1. The zero-order valence-electron chi connectivity index (χ0n) is 17.6. The lowest BCUT2D eigenvalue weighted by Crippen LogP contribution is -2.28. The molecule has 0 aliphatic rings. The zero-order chi connectivity index (χ0) is 23.2. The molecule has 0 radical (unpaired) electrons. The van der Waals surface area contributed by atoms with Crippen LogP contribution < -0.4 is 15.5 Å². The van der Waals surface area contributed by atoms with Gasteiger partial charge in [-0.25, -0.2) is 10.4 Å². The van der Waals surface area contributed by atoms with Gasteiger partial charge < -0.3 is 14.5 Å². The van der Waals surface area contributed by atoms with Crippen LogP contribution in [0.1, 0.15) is 27.5 Å². The highest BCUT2D eigenvalue weighted by atomic mass is 35.5. The van der Waals surface area contributed by atoms with Gasteiger partial charge in [0.2, 0.25) is 0 Å². The van der Waals surface area contributed by atoms with Gasteiger partial charge in [0.05, 0.1) is 29.7 Å². The molecule has 1 aromatic carbocycles. The number of ether oxygens (including phenoxy) is 1. The van der Waals surface area contributed by atoms with Gasteiger partial charge in [-0.15, -0.1) is 0 Å². The lowest BCUT2D eigenvalue weighted by atomic mass is 10.2. The summed E-state index contributed by atoms with van der Waals surface area (Å²) in [6, 6.07) is 13.9. The van der Waals surface area contributed by atoms with E-state index in [0.29, 0.717) is 40.1 Å². The van der Waals surface area contributed by atoms with Gasteiger partial charge in [0.1, 0.15) is 22.9 Å². The molecule has 2 N–H and O–H groups in total. The summed E-state index contributed by atoms with van der Waals surface area (Å²) in [5.74, 6) is 0.532. The quantitative estimate of drug-likeness (QED) is 0.306. The van der Waals surface area contributed by atoms with E-state index < -0.39 is 5.91 Å². The Bertz CT molecular complexity index is 1300. The Morgan fingerprint density at radius 1 is 1.21 bits per heavy atom. The first-order chi connectivity index (χ1) is 16.0. The first-order valence-electron chi connectivity index (χ1n) is 9.99. The second kappa shape index (κ2) is 10.0. The van der Waals surface area contributed by atoms with E-state index >= 15 is 0 Å². The number of aromatic nitrogens is 2. The Hall–Kier alpha value is -4.11. The van der Waals surface area contributed by atoms with E-state index in [1.807, 2.05) is 0 Å². The number of hydrogen-bond acceptors (Lipinski definition) is 6. The van der Waals surface area contributed by atoms with Crippen molar-refractivity contribution >= 4 is 35.3 Å². The summed E-state index contributed by atoms with van der Waals surface area (Å²) in [4.78, 5) is 28.8. The normalized spacial score (nSPS) is 11.1. The summed E-state index contributed by atoms with van der Waals surface area (Å²) in [6.07, 6.45) is 4.68. The van der Waals surface area contributed by atoms with E-state index in [4.69, 9.17) is 20.8 Å². The van der Waals surface area contributed by atoms with Crippen molar-refractivity contribution in [2.75, 3.05) is 6.61 Å². The van der Waals surface area contributed by atoms with Gasteiger partial charge >= 0.3 is 0 Å². The number of amides is 2. The largest absolute Gasteiger partial charge is 0.484 e. The minimum atomic E-state index is -0.404. The van der Waals surface area contributed by atoms with Crippen molar-refractivity contribution in [1.82, 2.24) is 20.1 Å². The molecule has 0 atom stereocenters. The van der Waals surface area contributed by atoms with Crippen LogP contribution in [0.2, 0.25) is 5.02 Å². The Kier molecular flexibility index (Phi) is 6.70. The average Bonchev–Trinajstić information content (AvgIpc) is 3.44. The van der Waals surface area contributed by atoms with Crippen LogP contribution in [-0.4, -0.2) is 34.0 Å². The summed E-state index contributed by atoms with van der Waals surface area (Å²) in [7, 11) is 0. The highest BCUT2D eigenvalue weighted by molar-refractivity contribution is 6.30. The fraction of sp³-hybridized carbons (Fsp3) is 0.130. The van der Waals surface area contributed by atoms with Gasteiger partial charge in [-0.1, -0.05) is 11.6 Å². The lowest BCUT2D eigenvalue weighted by molar-refractivity contribution is -0.123. The van der Waals surface area contributed by atoms with E-state index in [0.717, 1.165) is 5.56 Å². The first-order valence-corrected chi connectivity index (χ1v) is 10.4. The Balaban J connectivity index is 1.29. The van der Waals surface area contributed by atoms with Crippen LogP contribution in [0.3, 0.4) is 0 Å². The molecule has 0 bridgehead atoms. The molecule has 0 saturated heterocycles. The van der Waals surface area contributed by atoms with Gasteiger partial charge in [0.15, 0.2) is 6.61 Å². The van der Waals surface area contributed by atoms with Crippen LogP contribution in [0.4, 0.5) is 0 Å². The van der Waals surface area contributed by atoms with Crippen LogP contribution in [0.5, 0.6) is 5.75 Å². The molecule has 3 heterocycles. The molecular weight excluding hydrogens is 446 g/mol. The SMILES string of the molecule is Cc1nc2ccc(Cl)cn2c1C(=O)N/N=C/c1ccc(OCC(=O)NCc2ccco2)cc1. The number of carbonyl (C=O) groups is 2. The number of aryl methyl sites for hydroxylation is 1. The van der Waals surface area contributed by atoms with Gasteiger partial charge in [-0.3, -0.25) is 14.0 Å². The van der Waals surface area contributed by atoms with Crippen molar-refractivity contribution in [2.45, 2.75) is 13.5 Å². The van der Waals surface area contributed by atoms with E-state index in [2.05, 4.69) is 20.8 Å². The summed E-state index contributed by atoms with van der Waals surface area (Å²) in [5, 5.41) is 7.21. The van der Waals surface area contributed by atoms with Crippen LogP contribution in [0.15, 0.2) is 70.5 Å². The molecule has 168 valence electrons. The molecule has 4 rings (SSSR count). The highest BCUT2D eigenvalue weighted by Gasteiger charge is 2.16. The lowest BCUT2D eigenvalue weighted by Gasteiger charge is -2.07. The molecule has 33 heavy (non-hydrogen) atoms. The Labute approximate surface area is 194 Å². The summed E-state index contributed by atoms with van der Waals surface area (Å²) in [5.41, 5.74) is 4.79. The second-order valence-electron chi connectivity index (χ2n) is 7.03. The molecule has 9 nitrogen and oxygen atoms in total. The fourth-order valence-electron chi connectivity index (χ4n) is 3.08. The number of pyridine rings is 1. The maximum absolute atomic E-state index is 12.6. The molecule has 0 saturated carbocycles. The predicted octanol–water partition coefficient (Wildman–Crippen LogP) is 3.35. The van der Waals surface area contributed by atoms with Crippen LogP contribution in [-0.2, 0) is 11.3 Å². The topological polar surface area (TPSA) is 110 Å². The molecule has 4 aromatic rings. The first kappa shape index (κ1) is 22.1. The highest BCUT2D eigenvalue weighted by Crippen LogP contribution is 2.16. The fourth-order valence-corrected chi connectivity index (χ4v) is 3.24. The number of nitrogens with one attached hydrogen (secondary N) is 2. The number of hydrazone groups is 1. The van der Waals surface area contributed by atoms with Crippen LogP contribution in [0, 0.1) is 6.92 Å². The third-order valence-corrected chi connectivity index (χ3v) is 4.87. The third-order valence-electron chi connectivity index (χ3n) is 4.64. The number of benzene rings is 1. The summed E-state index contributed by atoms with van der Waals surface area (Å²) >= 11 is 6.03. The Morgan fingerprint density at radius 2 is 2.03 bits per heavy atom. The predicted molar refractivity (Wildman–Crippen MR) is 122 cm³/mol. The average molecular weight is 466 g/mol. The minimum absolute atomic E-state index is 0.118. The number of carbonyl (C=O) groups excluding carboxylic acids is 2. The maximum Gasteiger partial charge on any atom is 0.290 e. The van der Waals surface area contributed by atoms with Crippen molar-refractivity contribution in [2.24, 2.45) is 5.10 Å². The number of nitrogens with zero attached hydrogens (tertiary/aromatic N) is 3. The van der Waals surface area contributed by atoms with Crippen molar-refractivity contribution in [3.05, 3.63) is 88.7 Å². The van der Waals surface area contributed by atoms with Crippen molar-refractivity contribution in [1.29, 1.82) is 0 Å². The summed E-state index contributed by atoms with van der Waals surface area (Å²) < 4.78 is 12.2. The van der Waals surface area contributed by atoms with Gasteiger partial charge in [-0.2, -0.15) is 5.10 Å². The monoisotopic (exact) mass is 465 g/mol. The number of hydrogen-bond donors (Lipinski definition) is 2.